The third-order valence-corrected chi connectivity index (χ3v) is 8.24. The molecule has 3 aliphatic rings. The van der Waals surface area contributed by atoms with Gasteiger partial charge >= 0.3 is 6.09 Å². The van der Waals surface area contributed by atoms with Gasteiger partial charge in [0.25, 0.3) is 0 Å². The van der Waals surface area contributed by atoms with Crippen molar-refractivity contribution in [3.8, 4) is 5.82 Å². The second-order valence-corrected chi connectivity index (χ2v) is 12.3. The van der Waals surface area contributed by atoms with Gasteiger partial charge in [-0.15, -0.1) is 0 Å². The van der Waals surface area contributed by atoms with Gasteiger partial charge in [-0.1, -0.05) is 0 Å². The highest BCUT2D eigenvalue weighted by Gasteiger charge is 2.51. The zero-order valence-corrected chi connectivity index (χ0v) is 23.5. The van der Waals surface area contributed by atoms with Crippen LogP contribution in [0.4, 0.5) is 10.6 Å². The molecule has 3 saturated heterocycles. The highest BCUT2D eigenvalue weighted by Crippen LogP contribution is 2.40. The number of anilines is 1. The van der Waals surface area contributed by atoms with Gasteiger partial charge in [0, 0.05) is 31.0 Å². The average molecular weight is 535 g/mol. The van der Waals surface area contributed by atoms with Crippen LogP contribution in [0.5, 0.6) is 0 Å². The number of likely N-dealkylation sites (tertiary alicyclic amines) is 1. The number of hydrogen-bond acceptors (Lipinski definition) is 8. The lowest BCUT2D eigenvalue weighted by molar-refractivity contribution is -0.0375. The molecule has 3 fully saturated rings. The van der Waals surface area contributed by atoms with Crippen LogP contribution in [0, 0.1) is 13.8 Å². The number of nitrogens with zero attached hydrogens (tertiary/aromatic N) is 6. The van der Waals surface area contributed by atoms with E-state index in [1.165, 1.54) is 11.1 Å². The van der Waals surface area contributed by atoms with Crippen LogP contribution in [0.15, 0.2) is 24.4 Å². The normalized spacial score (nSPS) is 23.7. The number of aromatic nitrogens is 4. The average Bonchev–Trinajstić information content (AvgIpc) is 3.60. The molecule has 2 atom stereocenters. The Bertz CT molecular complexity index is 1410. The summed E-state index contributed by atoms with van der Waals surface area (Å²) in [5.41, 5.74) is 2.55. The molecule has 0 radical (unpaired) electrons. The Morgan fingerprint density at radius 1 is 1.15 bits per heavy atom. The van der Waals surface area contributed by atoms with Crippen LogP contribution in [0.2, 0.25) is 0 Å². The minimum atomic E-state index is -0.492. The Kier molecular flexibility index (Phi) is 6.30. The number of hydrogen-bond donors (Lipinski definition) is 1. The summed E-state index contributed by atoms with van der Waals surface area (Å²) >= 11 is 0. The third kappa shape index (κ3) is 4.84. The molecule has 2 aromatic heterocycles. The minimum absolute atomic E-state index is 0.0134. The lowest BCUT2D eigenvalue weighted by Gasteiger charge is -2.34. The largest absolute Gasteiger partial charge is 0.444 e. The zero-order valence-electron chi connectivity index (χ0n) is 23.5. The lowest BCUT2D eigenvalue weighted by atomic mass is 9.86. The van der Waals surface area contributed by atoms with Crippen molar-refractivity contribution in [2.24, 2.45) is 0 Å². The minimum Gasteiger partial charge on any atom is -0.444 e. The summed E-state index contributed by atoms with van der Waals surface area (Å²) in [5, 5.41) is 15.7. The molecule has 1 N–H and O–H groups in total. The fraction of sp³-hybridized carbons (Fsp3) is 0.586. The van der Waals surface area contributed by atoms with E-state index in [0.717, 1.165) is 41.8 Å². The van der Waals surface area contributed by atoms with E-state index in [2.05, 4.69) is 24.0 Å². The van der Waals surface area contributed by atoms with Crippen molar-refractivity contribution in [3.63, 3.8) is 0 Å². The summed E-state index contributed by atoms with van der Waals surface area (Å²) in [5.74, 6) is 2.60. The van der Waals surface area contributed by atoms with Crippen LogP contribution in [-0.4, -0.2) is 85.9 Å². The molecule has 3 aliphatic heterocycles. The number of ether oxygens (including phenoxy) is 2. The Balaban J connectivity index is 1.27. The fourth-order valence-corrected chi connectivity index (χ4v) is 6.32. The molecule has 1 amide bonds. The van der Waals surface area contributed by atoms with Gasteiger partial charge in [0.1, 0.15) is 22.8 Å². The molecule has 0 unspecified atom stereocenters. The van der Waals surface area contributed by atoms with Crippen molar-refractivity contribution in [3.05, 3.63) is 41.3 Å². The molecule has 39 heavy (non-hydrogen) atoms. The van der Waals surface area contributed by atoms with Crippen molar-refractivity contribution in [2.75, 3.05) is 37.7 Å². The predicted molar refractivity (Wildman–Crippen MR) is 147 cm³/mol. The second kappa shape index (κ2) is 9.45. The molecular weight excluding hydrogens is 496 g/mol. The summed E-state index contributed by atoms with van der Waals surface area (Å²) in [6, 6.07) is 6.64. The number of amides is 1. The van der Waals surface area contributed by atoms with Crippen LogP contribution in [-0.2, 0) is 9.47 Å². The van der Waals surface area contributed by atoms with Crippen molar-refractivity contribution in [1.82, 2.24) is 24.6 Å². The van der Waals surface area contributed by atoms with Crippen LogP contribution < -0.4 is 4.90 Å². The van der Waals surface area contributed by atoms with Crippen LogP contribution in [0.25, 0.3) is 16.7 Å². The first-order valence-corrected chi connectivity index (χ1v) is 13.9. The molecule has 6 rings (SSSR count). The van der Waals surface area contributed by atoms with Gasteiger partial charge in [-0.25, -0.2) is 19.4 Å². The number of carbonyl (C=O) groups excluding carboxylic acids is 1. The van der Waals surface area contributed by atoms with Gasteiger partial charge in [0.15, 0.2) is 5.82 Å². The van der Waals surface area contributed by atoms with Crippen molar-refractivity contribution in [2.45, 2.75) is 77.0 Å². The molecule has 10 heteroatoms. The monoisotopic (exact) mass is 534 g/mol. The highest BCUT2D eigenvalue weighted by molar-refractivity contribution is 5.82. The Morgan fingerprint density at radius 3 is 2.59 bits per heavy atom. The summed E-state index contributed by atoms with van der Waals surface area (Å²) in [7, 11) is 0. The predicted octanol–water partition coefficient (Wildman–Crippen LogP) is 3.89. The number of aryl methyl sites for hydroxylation is 2. The second-order valence-electron chi connectivity index (χ2n) is 12.3. The molecule has 0 saturated carbocycles. The van der Waals surface area contributed by atoms with E-state index in [-0.39, 0.29) is 18.7 Å². The smallest absolute Gasteiger partial charge is 0.410 e. The molecular formula is C29H38N6O4. The number of benzene rings is 1. The van der Waals surface area contributed by atoms with Crippen molar-refractivity contribution >= 4 is 22.8 Å². The maximum atomic E-state index is 12.5. The maximum absolute atomic E-state index is 12.5. The summed E-state index contributed by atoms with van der Waals surface area (Å²) < 4.78 is 13.4. The van der Waals surface area contributed by atoms with E-state index < -0.39 is 11.2 Å². The first-order valence-electron chi connectivity index (χ1n) is 13.9. The van der Waals surface area contributed by atoms with Gasteiger partial charge < -0.3 is 24.4 Å². The zero-order chi connectivity index (χ0) is 27.5. The maximum Gasteiger partial charge on any atom is 0.410 e. The summed E-state index contributed by atoms with van der Waals surface area (Å²) in [4.78, 5) is 26.1. The number of fused-ring (bicyclic) bond motifs is 3. The van der Waals surface area contributed by atoms with E-state index >= 15 is 0 Å². The van der Waals surface area contributed by atoms with Gasteiger partial charge in [-0.2, -0.15) is 5.10 Å². The molecule has 5 heterocycles. The number of morpholine rings is 1. The summed E-state index contributed by atoms with van der Waals surface area (Å²) in [6.07, 6.45) is 4.25. The molecule has 208 valence electrons. The molecule has 0 spiro atoms. The standard InChI is InChI=1S/C29H38N6O4/c1-18-10-21-14-30-35(24(21)11-23(18)20-6-8-33(9-7-20)27(37)39-28(3,4)5)26-12-25(31-19(2)32-26)34-16-29(17-36)13-22(34)15-38-29/h10-12,14,20,22,36H,6-9,13,15-17H2,1-5H3/t22-,29-/m0/s1. The van der Waals surface area contributed by atoms with Gasteiger partial charge in [0.05, 0.1) is 37.5 Å². The first kappa shape index (κ1) is 26.0. The van der Waals surface area contributed by atoms with Crippen LogP contribution >= 0.6 is 0 Å². The van der Waals surface area contributed by atoms with Gasteiger partial charge in [0.2, 0.25) is 0 Å². The number of aliphatic hydroxyl groups excluding tert-OH is 1. The van der Waals surface area contributed by atoms with Crippen molar-refractivity contribution in [1.29, 1.82) is 0 Å². The first-order chi connectivity index (χ1) is 18.5. The van der Waals surface area contributed by atoms with Crippen molar-refractivity contribution < 1.29 is 19.4 Å². The quantitative estimate of drug-likeness (QED) is 0.538. The molecule has 2 bridgehead atoms. The Morgan fingerprint density at radius 2 is 1.90 bits per heavy atom. The Labute approximate surface area is 228 Å². The Hall–Kier alpha value is -3.24. The number of aliphatic hydroxyl groups is 1. The number of carbonyl (C=O) groups is 1. The lowest BCUT2D eigenvalue weighted by Crippen LogP contribution is -2.45. The topological polar surface area (TPSA) is 106 Å². The number of rotatable bonds is 4. The van der Waals surface area contributed by atoms with E-state index in [9.17, 15) is 9.90 Å². The van der Waals surface area contributed by atoms with Crippen LogP contribution in [0.3, 0.4) is 0 Å². The highest BCUT2D eigenvalue weighted by atomic mass is 16.6. The SMILES string of the molecule is Cc1nc(N2C[C@]3(CO)C[C@H]2CO3)cc(-n2ncc3cc(C)c(C4CCN(C(=O)OC(C)(C)C)CC4)cc32)n1. The third-order valence-electron chi connectivity index (χ3n) is 8.24. The summed E-state index contributed by atoms with van der Waals surface area (Å²) in [6.45, 7) is 12.3. The van der Waals surface area contributed by atoms with E-state index in [1.807, 2.05) is 49.5 Å². The van der Waals surface area contributed by atoms with E-state index in [1.54, 1.807) is 0 Å². The van der Waals surface area contributed by atoms with Gasteiger partial charge in [-0.3, -0.25) is 0 Å². The molecule has 1 aromatic carbocycles. The van der Waals surface area contributed by atoms with Crippen LogP contribution in [0.1, 0.15) is 62.9 Å². The van der Waals surface area contributed by atoms with Gasteiger partial charge in [-0.05, 0) is 76.6 Å². The van der Waals surface area contributed by atoms with E-state index in [4.69, 9.17) is 24.5 Å². The molecule has 3 aromatic rings. The fourth-order valence-electron chi connectivity index (χ4n) is 6.32. The number of piperidine rings is 1. The molecule has 10 nitrogen and oxygen atoms in total. The molecule has 0 aliphatic carbocycles. The van der Waals surface area contributed by atoms with E-state index in [0.29, 0.717) is 38.0 Å².